The normalized spacial score (nSPS) is 10.7. The van der Waals surface area contributed by atoms with Gasteiger partial charge in [0.2, 0.25) is 5.89 Å². The zero-order valence-corrected chi connectivity index (χ0v) is 10.1. The number of aromatic nitrogens is 3. The fourth-order valence-electron chi connectivity index (χ4n) is 1.55. The van der Waals surface area contributed by atoms with E-state index in [4.69, 9.17) is 4.52 Å². The van der Waals surface area contributed by atoms with Crippen LogP contribution in [0, 0.1) is 13.8 Å². The summed E-state index contributed by atoms with van der Waals surface area (Å²) in [5, 5.41) is 7.18. The van der Waals surface area contributed by atoms with Crippen molar-refractivity contribution >= 4 is 0 Å². The van der Waals surface area contributed by atoms with E-state index in [0.29, 0.717) is 5.89 Å². The van der Waals surface area contributed by atoms with Gasteiger partial charge >= 0.3 is 0 Å². The Morgan fingerprint density at radius 2 is 2.24 bits per heavy atom. The van der Waals surface area contributed by atoms with Gasteiger partial charge in [-0.1, -0.05) is 5.16 Å². The monoisotopic (exact) mass is 232 g/mol. The molecular formula is C12H16N4O. The lowest BCUT2D eigenvalue weighted by atomic mass is 10.1. The standard InChI is InChI=1S/C12H16N4O/c1-9-3-5-13-7-11(9)8-14-6-4-12-15-10(2)17-16-12/h3,5,7,14H,4,6,8H2,1-2H3. The highest BCUT2D eigenvalue weighted by Crippen LogP contribution is 2.03. The van der Waals surface area contributed by atoms with Gasteiger partial charge in [-0.15, -0.1) is 0 Å². The molecule has 0 fully saturated rings. The summed E-state index contributed by atoms with van der Waals surface area (Å²) in [5.74, 6) is 1.36. The SMILES string of the molecule is Cc1nc(CCNCc2cnccc2C)no1. The molecule has 0 amide bonds. The van der Waals surface area contributed by atoms with E-state index in [1.54, 1.807) is 13.1 Å². The van der Waals surface area contributed by atoms with Crippen molar-refractivity contribution in [3.05, 3.63) is 41.3 Å². The maximum absolute atomic E-state index is 4.90. The molecule has 0 unspecified atom stereocenters. The van der Waals surface area contributed by atoms with Crippen LogP contribution in [0.25, 0.3) is 0 Å². The molecule has 2 aromatic heterocycles. The summed E-state index contributed by atoms with van der Waals surface area (Å²) in [6, 6.07) is 2.01. The highest BCUT2D eigenvalue weighted by Gasteiger charge is 2.02. The van der Waals surface area contributed by atoms with Crippen molar-refractivity contribution in [3.8, 4) is 0 Å². The molecule has 0 aliphatic rings. The second kappa shape index (κ2) is 5.54. The lowest BCUT2D eigenvalue weighted by Gasteiger charge is -2.05. The van der Waals surface area contributed by atoms with Gasteiger partial charge in [0.1, 0.15) is 0 Å². The molecule has 0 aromatic carbocycles. The van der Waals surface area contributed by atoms with Gasteiger partial charge in [-0.3, -0.25) is 4.98 Å². The van der Waals surface area contributed by atoms with E-state index < -0.39 is 0 Å². The molecular weight excluding hydrogens is 216 g/mol. The first-order valence-corrected chi connectivity index (χ1v) is 5.65. The minimum Gasteiger partial charge on any atom is -0.340 e. The topological polar surface area (TPSA) is 63.8 Å². The van der Waals surface area contributed by atoms with Gasteiger partial charge in [0, 0.05) is 38.8 Å². The van der Waals surface area contributed by atoms with Crippen molar-refractivity contribution in [1.82, 2.24) is 20.4 Å². The molecule has 2 heterocycles. The molecule has 0 spiro atoms. The van der Waals surface area contributed by atoms with Crippen molar-refractivity contribution in [1.29, 1.82) is 0 Å². The third-order valence-electron chi connectivity index (χ3n) is 2.56. The molecule has 90 valence electrons. The summed E-state index contributed by atoms with van der Waals surface area (Å²) in [5.41, 5.74) is 2.47. The van der Waals surface area contributed by atoms with Crippen molar-refractivity contribution in [2.24, 2.45) is 0 Å². The van der Waals surface area contributed by atoms with Crippen LogP contribution >= 0.6 is 0 Å². The molecule has 0 bridgehead atoms. The zero-order chi connectivity index (χ0) is 12.1. The first-order chi connectivity index (χ1) is 8.25. The third-order valence-corrected chi connectivity index (χ3v) is 2.56. The van der Waals surface area contributed by atoms with Crippen LogP contribution in [0.15, 0.2) is 23.0 Å². The Morgan fingerprint density at radius 3 is 2.94 bits per heavy atom. The quantitative estimate of drug-likeness (QED) is 0.790. The van der Waals surface area contributed by atoms with E-state index in [1.165, 1.54) is 11.1 Å². The van der Waals surface area contributed by atoms with Gasteiger partial charge in [0.15, 0.2) is 5.82 Å². The van der Waals surface area contributed by atoms with Gasteiger partial charge in [-0.25, -0.2) is 0 Å². The van der Waals surface area contributed by atoms with Crippen LogP contribution < -0.4 is 5.32 Å². The van der Waals surface area contributed by atoms with Crippen molar-refractivity contribution < 1.29 is 4.52 Å². The van der Waals surface area contributed by atoms with Gasteiger partial charge < -0.3 is 9.84 Å². The van der Waals surface area contributed by atoms with Gasteiger partial charge in [0.25, 0.3) is 0 Å². The van der Waals surface area contributed by atoms with Gasteiger partial charge in [0.05, 0.1) is 0 Å². The Bertz CT molecular complexity index is 481. The van der Waals surface area contributed by atoms with E-state index in [1.807, 2.05) is 12.3 Å². The maximum Gasteiger partial charge on any atom is 0.223 e. The highest BCUT2D eigenvalue weighted by atomic mass is 16.5. The molecule has 1 N–H and O–H groups in total. The summed E-state index contributed by atoms with van der Waals surface area (Å²) >= 11 is 0. The number of rotatable bonds is 5. The molecule has 2 aromatic rings. The average molecular weight is 232 g/mol. The highest BCUT2D eigenvalue weighted by molar-refractivity contribution is 5.20. The fraction of sp³-hybridized carbons (Fsp3) is 0.417. The van der Waals surface area contributed by atoms with E-state index in [-0.39, 0.29) is 0 Å². The molecule has 2 rings (SSSR count). The van der Waals surface area contributed by atoms with Crippen molar-refractivity contribution in [2.75, 3.05) is 6.54 Å². The molecule has 5 nitrogen and oxygen atoms in total. The summed E-state index contributed by atoms with van der Waals surface area (Å²) in [6.45, 7) is 5.52. The van der Waals surface area contributed by atoms with Crippen LogP contribution in [0.3, 0.4) is 0 Å². The maximum atomic E-state index is 4.90. The minimum atomic E-state index is 0.614. The first-order valence-electron chi connectivity index (χ1n) is 5.65. The lowest BCUT2D eigenvalue weighted by Crippen LogP contribution is -2.17. The van der Waals surface area contributed by atoms with E-state index in [0.717, 1.165) is 25.3 Å². The van der Waals surface area contributed by atoms with Crippen LogP contribution in [-0.4, -0.2) is 21.7 Å². The second-order valence-corrected chi connectivity index (χ2v) is 3.96. The number of aryl methyl sites for hydroxylation is 2. The summed E-state index contributed by atoms with van der Waals surface area (Å²) in [4.78, 5) is 8.25. The third kappa shape index (κ3) is 3.35. The molecule has 5 heteroatoms. The summed E-state index contributed by atoms with van der Waals surface area (Å²) < 4.78 is 4.90. The average Bonchev–Trinajstić information content (AvgIpc) is 2.73. The fourth-order valence-corrected chi connectivity index (χ4v) is 1.55. The minimum absolute atomic E-state index is 0.614. The molecule has 0 atom stereocenters. The van der Waals surface area contributed by atoms with Crippen LogP contribution in [0.2, 0.25) is 0 Å². The van der Waals surface area contributed by atoms with E-state index >= 15 is 0 Å². The molecule has 0 saturated carbocycles. The van der Waals surface area contributed by atoms with Crippen LogP contribution in [-0.2, 0) is 13.0 Å². The molecule has 0 saturated heterocycles. The number of nitrogens with zero attached hydrogens (tertiary/aromatic N) is 3. The van der Waals surface area contributed by atoms with E-state index in [9.17, 15) is 0 Å². The first kappa shape index (κ1) is 11.7. The van der Waals surface area contributed by atoms with Gasteiger partial charge in [-0.2, -0.15) is 4.98 Å². The zero-order valence-electron chi connectivity index (χ0n) is 10.1. The Morgan fingerprint density at radius 1 is 1.35 bits per heavy atom. The van der Waals surface area contributed by atoms with Crippen molar-refractivity contribution in [2.45, 2.75) is 26.8 Å². The summed E-state index contributed by atoms with van der Waals surface area (Å²) in [6.07, 6.45) is 4.47. The van der Waals surface area contributed by atoms with Crippen LogP contribution in [0.4, 0.5) is 0 Å². The predicted molar refractivity (Wildman–Crippen MR) is 63.4 cm³/mol. The summed E-state index contributed by atoms with van der Waals surface area (Å²) in [7, 11) is 0. The molecule has 17 heavy (non-hydrogen) atoms. The Labute approximate surface area is 100 Å². The van der Waals surface area contributed by atoms with Crippen LogP contribution in [0.1, 0.15) is 22.8 Å². The number of pyridine rings is 1. The van der Waals surface area contributed by atoms with Gasteiger partial charge in [-0.05, 0) is 24.1 Å². The number of hydrogen-bond acceptors (Lipinski definition) is 5. The molecule has 0 aliphatic heterocycles. The Balaban J connectivity index is 1.75. The largest absolute Gasteiger partial charge is 0.340 e. The smallest absolute Gasteiger partial charge is 0.223 e. The van der Waals surface area contributed by atoms with E-state index in [2.05, 4.69) is 27.4 Å². The number of nitrogens with one attached hydrogen (secondary N) is 1. The van der Waals surface area contributed by atoms with Crippen LogP contribution in [0.5, 0.6) is 0 Å². The van der Waals surface area contributed by atoms with Crippen molar-refractivity contribution in [3.63, 3.8) is 0 Å². The molecule has 0 aliphatic carbocycles. The lowest BCUT2D eigenvalue weighted by molar-refractivity contribution is 0.387. The predicted octanol–water partition coefficient (Wildman–Crippen LogP) is 1.41. The Kier molecular flexibility index (Phi) is 3.82. The number of hydrogen-bond donors (Lipinski definition) is 1. The second-order valence-electron chi connectivity index (χ2n) is 3.96. The molecule has 0 radical (unpaired) electrons. The Hall–Kier alpha value is -1.75.